The number of rotatable bonds is 5. The second-order valence-corrected chi connectivity index (χ2v) is 4.00. The van der Waals surface area contributed by atoms with E-state index >= 15 is 0 Å². The molecule has 0 amide bonds. The zero-order chi connectivity index (χ0) is 10.5. The Balaban J connectivity index is 1.77. The molecule has 2 heterocycles. The monoisotopic (exact) mass is 222 g/mol. The maximum atomic E-state index is 11.4. The molecule has 0 fully saturated rings. The maximum Gasteiger partial charge on any atom is 0.223 e. The van der Waals surface area contributed by atoms with E-state index in [0.717, 1.165) is 4.88 Å². The zero-order valence-electron chi connectivity index (χ0n) is 8.01. The average molecular weight is 222 g/mol. The van der Waals surface area contributed by atoms with Crippen molar-refractivity contribution >= 4 is 17.1 Å². The highest BCUT2D eigenvalue weighted by Crippen LogP contribution is 2.10. The molecule has 0 atom stereocenters. The summed E-state index contributed by atoms with van der Waals surface area (Å²) >= 11 is 1.61. The molecule has 4 heteroatoms. The zero-order valence-corrected chi connectivity index (χ0v) is 8.83. The van der Waals surface area contributed by atoms with E-state index in [-0.39, 0.29) is 12.4 Å². The van der Waals surface area contributed by atoms with Crippen LogP contribution in [-0.4, -0.2) is 12.4 Å². The van der Waals surface area contributed by atoms with E-state index < -0.39 is 0 Å². The summed E-state index contributed by atoms with van der Waals surface area (Å²) in [6.07, 6.45) is 1.48. The van der Waals surface area contributed by atoms with Crippen molar-refractivity contribution in [1.82, 2.24) is 0 Å². The fourth-order valence-electron chi connectivity index (χ4n) is 1.15. The van der Waals surface area contributed by atoms with Crippen LogP contribution >= 0.6 is 11.3 Å². The first kappa shape index (κ1) is 10.1. The lowest BCUT2D eigenvalue weighted by Crippen LogP contribution is -2.07. The lowest BCUT2D eigenvalue weighted by Gasteiger charge is -1.99. The first-order valence-electron chi connectivity index (χ1n) is 4.53. The Morgan fingerprint density at radius 2 is 2.33 bits per heavy atom. The molecule has 0 radical (unpaired) electrons. The van der Waals surface area contributed by atoms with Crippen LogP contribution in [0.1, 0.15) is 15.4 Å². The summed E-state index contributed by atoms with van der Waals surface area (Å²) < 4.78 is 10.2. The molecule has 3 nitrogen and oxygen atoms in total. The van der Waals surface area contributed by atoms with Crippen LogP contribution in [0, 0.1) is 0 Å². The van der Waals surface area contributed by atoms with Crippen LogP contribution in [0.4, 0.5) is 0 Å². The van der Waals surface area contributed by atoms with Gasteiger partial charge in [-0.2, -0.15) is 0 Å². The van der Waals surface area contributed by atoms with E-state index in [0.29, 0.717) is 12.4 Å². The number of hydrogen-bond donors (Lipinski definition) is 0. The van der Waals surface area contributed by atoms with Crippen molar-refractivity contribution in [3.63, 3.8) is 0 Å². The fraction of sp³-hybridized carbons (Fsp3) is 0.182. The SMILES string of the molecule is O=C(COCc1cccs1)c1ccco1. The summed E-state index contributed by atoms with van der Waals surface area (Å²) in [7, 11) is 0. The number of ether oxygens (including phenoxy) is 1. The van der Waals surface area contributed by atoms with Crippen LogP contribution in [0.15, 0.2) is 40.3 Å². The summed E-state index contributed by atoms with van der Waals surface area (Å²) in [6, 6.07) is 7.25. The molecule has 2 aromatic rings. The predicted molar refractivity (Wildman–Crippen MR) is 57.0 cm³/mol. The normalized spacial score (nSPS) is 10.4. The predicted octanol–water partition coefficient (Wildman–Crippen LogP) is 2.74. The van der Waals surface area contributed by atoms with Crippen molar-refractivity contribution in [2.45, 2.75) is 6.61 Å². The van der Waals surface area contributed by atoms with Gasteiger partial charge in [0.25, 0.3) is 0 Å². The minimum absolute atomic E-state index is 0.0609. The standard InChI is InChI=1S/C11H10O3S/c12-10(11-4-1-5-14-11)8-13-7-9-3-2-6-15-9/h1-6H,7-8H2. The summed E-state index contributed by atoms with van der Waals surface area (Å²) in [4.78, 5) is 12.5. The van der Waals surface area contributed by atoms with Crippen molar-refractivity contribution in [2.75, 3.05) is 6.61 Å². The summed E-state index contributed by atoms with van der Waals surface area (Å²) in [6.45, 7) is 0.537. The van der Waals surface area contributed by atoms with Crippen LogP contribution < -0.4 is 0 Å². The highest BCUT2D eigenvalue weighted by atomic mass is 32.1. The van der Waals surface area contributed by atoms with Gasteiger partial charge in [0.1, 0.15) is 6.61 Å². The summed E-state index contributed by atoms with van der Waals surface area (Å²) in [5, 5.41) is 1.98. The summed E-state index contributed by atoms with van der Waals surface area (Å²) in [5.74, 6) is 0.220. The highest BCUT2D eigenvalue weighted by molar-refractivity contribution is 7.09. The molecule has 0 saturated heterocycles. The van der Waals surface area contributed by atoms with E-state index in [4.69, 9.17) is 9.15 Å². The molecule has 0 aromatic carbocycles. The molecule has 2 aromatic heterocycles. The third kappa shape index (κ3) is 2.78. The van der Waals surface area contributed by atoms with Gasteiger partial charge in [-0.1, -0.05) is 6.07 Å². The molecule has 0 aliphatic heterocycles. The minimum atomic E-state index is -0.128. The second kappa shape index (κ2) is 4.91. The molecule has 0 N–H and O–H groups in total. The topological polar surface area (TPSA) is 39.4 Å². The van der Waals surface area contributed by atoms with E-state index in [1.54, 1.807) is 23.5 Å². The second-order valence-electron chi connectivity index (χ2n) is 2.97. The maximum absolute atomic E-state index is 11.4. The number of ketones is 1. The van der Waals surface area contributed by atoms with Gasteiger partial charge in [-0.3, -0.25) is 4.79 Å². The van der Waals surface area contributed by atoms with Gasteiger partial charge in [-0.15, -0.1) is 11.3 Å². The first-order chi connectivity index (χ1) is 7.36. The van der Waals surface area contributed by atoms with Gasteiger partial charge < -0.3 is 9.15 Å². The molecular weight excluding hydrogens is 212 g/mol. The van der Waals surface area contributed by atoms with Gasteiger partial charge in [-0.25, -0.2) is 0 Å². The minimum Gasteiger partial charge on any atom is -0.461 e. The number of carbonyl (C=O) groups excluding carboxylic acids is 1. The Hall–Kier alpha value is -1.39. The molecule has 0 saturated carbocycles. The molecule has 2 rings (SSSR count). The van der Waals surface area contributed by atoms with Crippen molar-refractivity contribution in [3.05, 3.63) is 46.5 Å². The van der Waals surface area contributed by atoms with Crippen molar-refractivity contribution < 1.29 is 13.9 Å². The first-order valence-corrected chi connectivity index (χ1v) is 5.41. The van der Waals surface area contributed by atoms with Crippen molar-refractivity contribution in [1.29, 1.82) is 0 Å². The third-order valence-electron chi connectivity index (χ3n) is 1.85. The molecule has 0 unspecified atom stereocenters. The highest BCUT2D eigenvalue weighted by Gasteiger charge is 2.08. The van der Waals surface area contributed by atoms with Crippen LogP contribution in [-0.2, 0) is 11.3 Å². The van der Waals surface area contributed by atoms with Crippen LogP contribution in [0.25, 0.3) is 0 Å². The van der Waals surface area contributed by atoms with Crippen molar-refractivity contribution in [2.24, 2.45) is 0 Å². The molecule has 0 spiro atoms. The van der Waals surface area contributed by atoms with Gasteiger partial charge in [0.05, 0.1) is 12.9 Å². The van der Waals surface area contributed by atoms with E-state index in [9.17, 15) is 4.79 Å². The van der Waals surface area contributed by atoms with Crippen molar-refractivity contribution in [3.8, 4) is 0 Å². The smallest absolute Gasteiger partial charge is 0.223 e. The van der Waals surface area contributed by atoms with E-state index in [1.165, 1.54) is 6.26 Å². The Morgan fingerprint density at radius 1 is 1.40 bits per heavy atom. The molecule has 0 bridgehead atoms. The van der Waals surface area contributed by atoms with Gasteiger partial charge in [0, 0.05) is 4.88 Å². The number of hydrogen-bond acceptors (Lipinski definition) is 4. The Labute approximate surface area is 91.3 Å². The van der Waals surface area contributed by atoms with Crippen LogP contribution in [0.3, 0.4) is 0 Å². The lowest BCUT2D eigenvalue weighted by atomic mass is 10.3. The number of thiophene rings is 1. The summed E-state index contributed by atoms with van der Waals surface area (Å²) in [5.41, 5.74) is 0. The molecule has 78 valence electrons. The molecular formula is C11H10O3S. The Bertz CT molecular complexity index is 403. The molecule has 15 heavy (non-hydrogen) atoms. The molecule has 0 aliphatic rings. The average Bonchev–Trinajstić information content (AvgIpc) is 2.90. The van der Waals surface area contributed by atoms with E-state index in [2.05, 4.69) is 0 Å². The lowest BCUT2D eigenvalue weighted by molar-refractivity contribution is 0.0705. The largest absolute Gasteiger partial charge is 0.461 e. The van der Waals surface area contributed by atoms with Gasteiger partial charge >= 0.3 is 0 Å². The Morgan fingerprint density at radius 3 is 3.00 bits per heavy atom. The number of Topliss-reactive ketones (excluding diaryl/α,β-unsaturated/α-hetero) is 1. The molecule has 0 aliphatic carbocycles. The van der Waals surface area contributed by atoms with E-state index in [1.807, 2.05) is 17.5 Å². The van der Waals surface area contributed by atoms with Gasteiger partial charge in [-0.05, 0) is 23.6 Å². The third-order valence-corrected chi connectivity index (χ3v) is 2.70. The number of furan rings is 1. The quantitative estimate of drug-likeness (QED) is 0.730. The fourth-order valence-corrected chi connectivity index (χ4v) is 1.79. The Kier molecular flexibility index (Phi) is 3.32. The number of carbonyl (C=O) groups is 1. The van der Waals surface area contributed by atoms with Crippen LogP contribution in [0.2, 0.25) is 0 Å². The van der Waals surface area contributed by atoms with Gasteiger partial charge in [0.15, 0.2) is 5.76 Å². The van der Waals surface area contributed by atoms with Gasteiger partial charge in [0.2, 0.25) is 5.78 Å². The van der Waals surface area contributed by atoms with Crippen LogP contribution in [0.5, 0.6) is 0 Å².